The van der Waals surface area contributed by atoms with Gasteiger partial charge in [-0.15, -0.1) is 36.6 Å². The molecule has 88 valence electrons. The first kappa shape index (κ1) is 15.4. The Bertz CT molecular complexity index is 407. The third kappa shape index (κ3) is 3.44. The summed E-state index contributed by atoms with van der Waals surface area (Å²) in [6.07, 6.45) is 2.66. The smallest absolute Gasteiger partial charge is 0.244 e. The molecular formula is C11H13Cl2NOS. The van der Waals surface area contributed by atoms with E-state index in [1.165, 1.54) is 4.90 Å². The molecule has 1 heterocycles. The summed E-state index contributed by atoms with van der Waals surface area (Å²) in [5.74, 6) is 0.619. The van der Waals surface area contributed by atoms with E-state index in [1.807, 2.05) is 24.3 Å². The van der Waals surface area contributed by atoms with Crippen LogP contribution in [0.4, 0.5) is 0 Å². The van der Waals surface area contributed by atoms with Crippen molar-refractivity contribution in [3.05, 3.63) is 35.4 Å². The van der Waals surface area contributed by atoms with Crippen LogP contribution in [0.5, 0.6) is 0 Å². The monoisotopic (exact) mass is 277 g/mol. The number of hydrogen-bond donors (Lipinski definition) is 1. The second-order valence-electron chi connectivity index (χ2n) is 3.17. The predicted molar refractivity (Wildman–Crippen MR) is 73.5 cm³/mol. The molecule has 1 aliphatic rings. The van der Waals surface area contributed by atoms with Crippen LogP contribution >= 0.6 is 36.6 Å². The van der Waals surface area contributed by atoms with Crippen LogP contribution in [0.25, 0.3) is 6.08 Å². The Balaban J connectivity index is 0.00000112. The lowest BCUT2D eigenvalue weighted by atomic mass is 10.1. The molecular weight excluding hydrogens is 265 g/mol. The largest absolute Gasteiger partial charge is 0.366 e. The van der Waals surface area contributed by atoms with E-state index in [9.17, 15) is 4.79 Å². The van der Waals surface area contributed by atoms with Gasteiger partial charge in [0.2, 0.25) is 5.91 Å². The van der Waals surface area contributed by atoms with Gasteiger partial charge in [0.25, 0.3) is 0 Å². The molecule has 0 aromatic heterocycles. The molecule has 5 heteroatoms. The summed E-state index contributed by atoms with van der Waals surface area (Å²) in [6, 6.07) is 8.06. The number of fused-ring (bicyclic) bond motifs is 1. The summed E-state index contributed by atoms with van der Waals surface area (Å²) in [5.41, 5.74) is 7.10. The van der Waals surface area contributed by atoms with Crippen LogP contribution in [-0.4, -0.2) is 11.7 Å². The number of primary amides is 1. The number of halogens is 2. The van der Waals surface area contributed by atoms with E-state index >= 15 is 0 Å². The van der Waals surface area contributed by atoms with Crippen molar-refractivity contribution >= 4 is 48.6 Å². The second-order valence-corrected chi connectivity index (χ2v) is 4.31. The summed E-state index contributed by atoms with van der Waals surface area (Å²) in [4.78, 5) is 12.3. The second kappa shape index (κ2) is 6.84. The fourth-order valence-corrected chi connectivity index (χ4v) is 2.47. The van der Waals surface area contributed by atoms with Crippen LogP contribution < -0.4 is 5.73 Å². The third-order valence-corrected chi connectivity index (χ3v) is 3.29. The predicted octanol–water partition coefficient (Wildman–Crippen LogP) is 2.89. The molecule has 0 bridgehead atoms. The van der Waals surface area contributed by atoms with Gasteiger partial charge in [-0.05, 0) is 24.1 Å². The molecule has 2 nitrogen and oxygen atoms in total. The van der Waals surface area contributed by atoms with Gasteiger partial charge in [-0.3, -0.25) is 4.79 Å². The highest BCUT2D eigenvalue weighted by atomic mass is 35.5. The molecule has 1 aromatic carbocycles. The minimum Gasteiger partial charge on any atom is -0.366 e. The Labute approximate surface area is 111 Å². The fraction of sp³-hybridized carbons (Fsp3) is 0.182. The summed E-state index contributed by atoms with van der Waals surface area (Å²) in [7, 11) is 0. The molecule has 2 N–H and O–H groups in total. The number of benzene rings is 1. The summed E-state index contributed by atoms with van der Waals surface area (Å²) in [5, 5.41) is 0. The first-order valence-electron chi connectivity index (χ1n) is 4.49. The fourth-order valence-electron chi connectivity index (χ4n) is 1.46. The van der Waals surface area contributed by atoms with Gasteiger partial charge in [0.05, 0.1) is 0 Å². The van der Waals surface area contributed by atoms with Gasteiger partial charge in [-0.1, -0.05) is 18.2 Å². The van der Waals surface area contributed by atoms with E-state index in [-0.39, 0.29) is 30.7 Å². The summed E-state index contributed by atoms with van der Waals surface area (Å²) in [6.45, 7) is 0. The molecule has 0 saturated carbocycles. The van der Waals surface area contributed by atoms with Crippen molar-refractivity contribution in [2.24, 2.45) is 5.73 Å². The highest BCUT2D eigenvalue weighted by Crippen LogP contribution is 2.29. The van der Waals surface area contributed by atoms with Gasteiger partial charge in [0.15, 0.2) is 0 Å². The lowest BCUT2D eigenvalue weighted by Gasteiger charge is -2.00. The maximum atomic E-state index is 11.1. The van der Waals surface area contributed by atoms with Crippen LogP contribution in [0.15, 0.2) is 34.7 Å². The molecule has 1 aliphatic heterocycles. The molecule has 1 aromatic rings. The van der Waals surface area contributed by atoms with Gasteiger partial charge < -0.3 is 5.73 Å². The Hall–Kier alpha value is -0.640. The number of carbonyl (C=O) groups is 1. The number of rotatable bonds is 1. The van der Waals surface area contributed by atoms with Crippen molar-refractivity contribution in [1.29, 1.82) is 0 Å². The van der Waals surface area contributed by atoms with Crippen molar-refractivity contribution in [3.63, 3.8) is 0 Å². The van der Waals surface area contributed by atoms with Gasteiger partial charge in [-0.2, -0.15) is 0 Å². The zero-order valence-electron chi connectivity index (χ0n) is 8.51. The van der Waals surface area contributed by atoms with E-state index in [0.717, 1.165) is 23.3 Å². The highest BCUT2D eigenvalue weighted by molar-refractivity contribution is 7.99. The molecule has 0 fully saturated rings. The number of carbonyl (C=O) groups excluding carboxylic acids is 1. The zero-order valence-corrected chi connectivity index (χ0v) is 11.0. The van der Waals surface area contributed by atoms with E-state index in [4.69, 9.17) is 5.73 Å². The maximum absolute atomic E-state index is 11.1. The molecule has 0 radical (unpaired) electrons. The van der Waals surface area contributed by atoms with Gasteiger partial charge in [0.1, 0.15) is 0 Å². The quantitative estimate of drug-likeness (QED) is 0.858. The molecule has 0 aliphatic carbocycles. The van der Waals surface area contributed by atoms with Crippen molar-refractivity contribution < 1.29 is 4.79 Å². The Morgan fingerprint density at radius 3 is 2.62 bits per heavy atom. The van der Waals surface area contributed by atoms with Crippen molar-refractivity contribution in [2.45, 2.75) is 11.3 Å². The number of nitrogens with two attached hydrogens (primary N) is 1. The maximum Gasteiger partial charge on any atom is 0.244 e. The normalized spacial score (nSPS) is 13.4. The molecule has 0 saturated heterocycles. The van der Waals surface area contributed by atoms with Crippen LogP contribution in [0.1, 0.15) is 12.0 Å². The number of thioether (sulfide) groups is 1. The first-order chi connectivity index (χ1) is 6.77. The van der Waals surface area contributed by atoms with Gasteiger partial charge in [0, 0.05) is 16.2 Å². The molecule has 2 rings (SSSR count). The summed E-state index contributed by atoms with van der Waals surface area (Å²) >= 11 is 1.77. The van der Waals surface area contributed by atoms with E-state index < -0.39 is 0 Å². The minimum atomic E-state index is -0.303. The molecule has 0 spiro atoms. The number of amides is 1. The lowest BCUT2D eigenvalue weighted by molar-refractivity contribution is -0.114. The third-order valence-electron chi connectivity index (χ3n) is 2.19. The van der Waals surface area contributed by atoms with Crippen LogP contribution in [0.3, 0.4) is 0 Å². The Morgan fingerprint density at radius 2 is 1.94 bits per heavy atom. The van der Waals surface area contributed by atoms with E-state index in [2.05, 4.69) is 6.07 Å². The van der Waals surface area contributed by atoms with Crippen molar-refractivity contribution in [2.75, 3.05) is 5.75 Å². The van der Waals surface area contributed by atoms with E-state index in [1.54, 1.807) is 11.8 Å². The average molecular weight is 278 g/mol. The lowest BCUT2D eigenvalue weighted by Crippen LogP contribution is -2.13. The SMILES string of the molecule is Cl.Cl.NC(=O)C1=Cc2ccccc2SCC1. The topological polar surface area (TPSA) is 43.1 Å². The molecule has 0 atom stereocenters. The first-order valence-corrected chi connectivity index (χ1v) is 5.48. The number of hydrogen-bond acceptors (Lipinski definition) is 2. The van der Waals surface area contributed by atoms with Crippen molar-refractivity contribution in [1.82, 2.24) is 0 Å². The van der Waals surface area contributed by atoms with Crippen LogP contribution in [0.2, 0.25) is 0 Å². The van der Waals surface area contributed by atoms with Crippen LogP contribution in [-0.2, 0) is 4.79 Å². The molecule has 0 unspecified atom stereocenters. The van der Waals surface area contributed by atoms with Gasteiger partial charge in [-0.25, -0.2) is 0 Å². The minimum absolute atomic E-state index is 0. The van der Waals surface area contributed by atoms with Gasteiger partial charge >= 0.3 is 0 Å². The van der Waals surface area contributed by atoms with Crippen LogP contribution in [0, 0.1) is 0 Å². The standard InChI is InChI=1S/C11H11NOS.2ClH/c12-11(13)9-5-6-14-10-4-2-1-3-8(10)7-9;;/h1-4,7H,5-6H2,(H2,12,13);2*1H. The Kier molecular flexibility index (Phi) is 6.56. The Morgan fingerprint density at radius 1 is 1.25 bits per heavy atom. The van der Waals surface area contributed by atoms with E-state index in [0.29, 0.717) is 0 Å². The molecule has 1 amide bonds. The molecule has 16 heavy (non-hydrogen) atoms. The summed E-state index contributed by atoms with van der Waals surface area (Å²) < 4.78 is 0. The zero-order chi connectivity index (χ0) is 9.97. The average Bonchev–Trinajstić information content (AvgIpc) is 2.39. The highest BCUT2D eigenvalue weighted by Gasteiger charge is 2.11. The van der Waals surface area contributed by atoms with Crippen molar-refractivity contribution in [3.8, 4) is 0 Å².